The molecular weight excluding hydrogens is 677 g/mol. The second-order valence-corrected chi connectivity index (χ2v) is 14.5. The van der Waals surface area contributed by atoms with Crippen LogP contribution >= 0.6 is 0 Å². The molecule has 0 saturated heterocycles. The van der Waals surface area contributed by atoms with E-state index in [1.807, 2.05) is 18.2 Å². The molecule has 0 bridgehead atoms. The number of hydrogen-bond acceptors (Lipinski definition) is 2. The highest BCUT2D eigenvalue weighted by atomic mass is 14.9. The average molecular weight is 711 g/mol. The Morgan fingerprint density at radius 2 is 0.804 bits per heavy atom. The number of nitrogens with zero attached hydrogens (tertiary/aromatic N) is 2. The molecule has 2 nitrogen and oxygen atoms in total. The van der Waals surface area contributed by atoms with Crippen LogP contribution in [0.15, 0.2) is 206 Å². The molecule has 2 heteroatoms. The van der Waals surface area contributed by atoms with Crippen LogP contribution in [0.2, 0.25) is 0 Å². The van der Waals surface area contributed by atoms with Gasteiger partial charge in [-0.25, -0.2) is 9.97 Å². The van der Waals surface area contributed by atoms with Crippen molar-refractivity contribution in [1.29, 1.82) is 0 Å². The first kappa shape index (κ1) is 32.0. The summed E-state index contributed by atoms with van der Waals surface area (Å²) in [5.41, 5.74) is 9.85. The third-order valence-electron chi connectivity index (χ3n) is 11.2. The van der Waals surface area contributed by atoms with E-state index >= 15 is 0 Å². The first-order chi connectivity index (χ1) is 27.8. The number of hydrogen-bond donors (Lipinski definition) is 0. The van der Waals surface area contributed by atoms with Gasteiger partial charge in [0.25, 0.3) is 0 Å². The van der Waals surface area contributed by atoms with E-state index in [1.165, 1.54) is 70.7 Å². The highest BCUT2D eigenvalue weighted by molar-refractivity contribution is 6.29. The Bertz CT molecular complexity index is 3290. The van der Waals surface area contributed by atoms with Gasteiger partial charge in [0, 0.05) is 16.7 Å². The van der Waals surface area contributed by atoms with Crippen LogP contribution < -0.4 is 0 Å². The van der Waals surface area contributed by atoms with E-state index in [2.05, 4.69) is 188 Å². The van der Waals surface area contributed by atoms with E-state index in [0.717, 1.165) is 33.5 Å². The first-order valence-corrected chi connectivity index (χ1v) is 19.2. The van der Waals surface area contributed by atoms with Gasteiger partial charge in [-0.1, -0.05) is 194 Å². The molecule has 11 aromatic rings. The van der Waals surface area contributed by atoms with Gasteiger partial charge >= 0.3 is 0 Å². The molecule has 0 N–H and O–H groups in total. The fourth-order valence-electron chi connectivity index (χ4n) is 8.68. The predicted molar refractivity (Wildman–Crippen MR) is 237 cm³/mol. The van der Waals surface area contributed by atoms with Gasteiger partial charge in [-0.2, -0.15) is 0 Å². The van der Waals surface area contributed by atoms with E-state index in [4.69, 9.17) is 9.97 Å². The molecule has 0 fully saturated rings. The summed E-state index contributed by atoms with van der Waals surface area (Å²) in [5.74, 6) is 0.708. The molecule has 1 heterocycles. The molecule has 56 heavy (non-hydrogen) atoms. The van der Waals surface area contributed by atoms with E-state index in [-0.39, 0.29) is 0 Å². The van der Waals surface area contributed by atoms with E-state index < -0.39 is 0 Å². The monoisotopic (exact) mass is 710 g/mol. The Morgan fingerprint density at radius 1 is 0.268 bits per heavy atom. The average Bonchev–Trinajstić information content (AvgIpc) is 3.28. The van der Waals surface area contributed by atoms with Gasteiger partial charge < -0.3 is 0 Å². The van der Waals surface area contributed by atoms with Crippen molar-refractivity contribution in [2.45, 2.75) is 0 Å². The maximum absolute atomic E-state index is 5.28. The molecule has 11 rings (SSSR count). The lowest BCUT2D eigenvalue weighted by Gasteiger charge is -2.21. The molecular formula is C54H34N2. The van der Waals surface area contributed by atoms with Crippen molar-refractivity contribution in [1.82, 2.24) is 9.97 Å². The SMILES string of the molecule is c1ccc(-c2nc(-c3ccc4ccccc4c3)cc(-c3ccc(-c4c5ccccc5c(-c5ccccc5)c5c4ccc4ccccc45)c4ccccc34)n2)cc1. The predicted octanol–water partition coefficient (Wildman–Crippen LogP) is 14.6. The Hall–Kier alpha value is -7.42. The molecule has 1 aromatic heterocycles. The smallest absolute Gasteiger partial charge is 0.160 e. The quantitative estimate of drug-likeness (QED) is 0.131. The summed E-state index contributed by atoms with van der Waals surface area (Å²) in [7, 11) is 0. The van der Waals surface area contributed by atoms with Gasteiger partial charge in [-0.05, 0) is 88.2 Å². The standard InChI is InChI=1S/C54H34N2/c1-3-17-37(18-4-1)51-45-25-13-14-26-46(45)52(48-30-29-36-16-9-10-22-41(36)53(48)51)47-32-31-44(42-23-11-12-24-43(42)47)50-34-49(55-54(56-50)38-19-5-2-6-20-38)40-28-27-35-15-7-8-21-39(35)33-40/h1-34H. The molecule has 0 spiro atoms. The number of fused-ring (bicyclic) bond motifs is 6. The Labute approximate surface area is 325 Å². The van der Waals surface area contributed by atoms with E-state index in [0.29, 0.717) is 5.82 Å². The van der Waals surface area contributed by atoms with E-state index in [9.17, 15) is 0 Å². The molecule has 0 atom stereocenters. The summed E-state index contributed by atoms with van der Waals surface area (Å²) < 4.78 is 0. The van der Waals surface area contributed by atoms with Crippen LogP contribution in [0.1, 0.15) is 0 Å². The molecule has 260 valence electrons. The van der Waals surface area contributed by atoms with Gasteiger partial charge in [-0.3, -0.25) is 0 Å². The summed E-state index contributed by atoms with van der Waals surface area (Å²) >= 11 is 0. The summed E-state index contributed by atoms with van der Waals surface area (Å²) in [6, 6.07) is 74.1. The lowest BCUT2D eigenvalue weighted by atomic mass is 9.82. The van der Waals surface area contributed by atoms with Gasteiger partial charge in [0.05, 0.1) is 11.4 Å². The van der Waals surface area contributed by atoms with Crippen LogP contribution in [-0.4, -0.2) is 9.97 Å². The van der Waals surface area contributed by atoms with Crippen molar-refractivity contribution >= 4 is 53.9 Å². The number of aromatic nitrogens is 2. The van der Waals surface area contributed by atoms with Gasteiger partial charge in [0.15, 0.2) is 5.82 Å². The zero-order valence-corrected chi connectivity index (χ0v) is 30.5. The van der Waals surface area contributed by atoms with Gasteiger partial charge in [0.1, 0.15) is 0 Å². The highest BCUT2D eigenvalue weighted by Crippen LogP contribution is 2.48. The van der Waals surface area contributed by atoms with Crippen LogP contribution in [-0.2, 0) is 0 Å². The fraction of sp³-hybridized carbons (Fsp3) is 0. The van der Waals surface area contributed by atoms with Crippen molar-refractivity contribution in [3.8, 4) is 56.2 Å². The minimum Gasteiger partial charge on any atom is -0.228 e. The van der Waals surface area contributed by atoms with Crippen LogP contribution in [0.4, 0.5) is 0 Å². The second kappa shape index (κ2) is 13.2. The molecule has 0 aliphatic rings. The van der Waals surface area contributed by atoms with Crippen LogP contribution in [0.5, 0.6) is 0 Å². The third-order valence-corrected chi connectivity index (χ3v) is 11.2. The normalized spacial score (nSPS) is 11.6. The highest BCUT2D eigenvalue weighted by Gasteiger charge is 2.21. The van der Waals surface area contributed by atoms with Crippen LogP contribution in [0, 0.1) is 0 Å². The number of rotatable bonds is 5. The molecule has 0 aliphatic heterocycles. The lowest BCUT2D eigenvalue weighted by Crippen LogP contribution is -1.97. The van der Waals surface area contributed by atoms with E-state index in [1.54, 1.807) is 0 Å². The van der Waals surface area contributed by atoms with Gasteiger partial charge in [0.2, 0.25) is 0 Å². The molecule has 0 radical (unpaired) electrons. The summed E-state index contributed by atoms with van der Waals surface area (Å²) in [4.78, 5) is 10.4. The molecule has 0 amide bonds. The molecule has 10 aromatic carbocycles. The molecule has 0 aliphatic carbocycles. The first-order valence-electron chi connectivity index (χ1n) is 19.2. The fourth-order valence-corrected chi connectivity index (χ4v) is 8.68. The Kier molecular flexibility index (Phi) is 7.53. The van der Waals surface area contributed by atoms with Crippen molar-refractivity contribution in [3.05, 3.63) is 206 Å². The zero-order valence-electron chi connectivity index (χ0n) is 30.5. The number of benzene rings is 10. The summed E-state index contributed by atoms with van der Waals surface area (Å²) in [6.45, 7) is 0. The van der Waals surface area contributed by atoms with Crippen molar-refractivity contribution in [3.63, 3.8) is 0 Å². The van der Waals surface area contributed by atoms with Crippen molar-refractivity contribution in [2.24, 2.45) is 0 Å². The van der Waals surface area contributed by atoms with Crippen molar-refractivity contribution < 1.29 is 0 Å². The minimum absolute atomic E-state index is 0.708. The Balaban J connectivity index is 1.19. The van der Waals surface area contributed by atoms with Crippen LogP contribution in [0.3, 0.4) is 0 Å². The van der Waals surface area contributed by atoms with Gasteiger partial charge in [-0.15, -0.1) is 0 Å². The second-order valence-electron chi connectivity index (χ2n) is 14.5. The maximum Gasteiger partial charge on any atom is 0.160 e. The topological polar surface area (TPSA) is 25.8 Å². The maximum atomic E-state index is 5.28. The zero-order chi connectivity index (χ0) is 37.0. The third kappa shape index (κ3) is 5.26. The summed E-state index contributed by atoms with van der Waals surface area (Å²) in [6.07, 6.45) is 0. The van der Waals surface area contributed by atoms with Crippen LogP contribution in [0.25, 0.3) is 110 Å². The van der Waals surface area contributed by atoms with Crippen molar-refractivity contribution in [2.75, 3.05) is 0 Å². The molecule has 0 saturated carbocycles. The Morgan fingerprint density at radius 3 is 1.55 bits per heavy atom. The largest absolute Gasteiger partial charge is 0.228 e. The lowest BCUT2D eigenvalue weighted by molar-refractivity contribution is 1.19. The molecule has 0 unspecified atom stereocenters. The minimum atomic E-state index is 0.708. The summed E-state index contributed by atoms with van der Waals surface area (Å²) in [5, 5.41) is 12.2.